The predicted octanol–water partition coefficient (Wildman–Crippen LogP) is 6.91. The van der Waals surface area contributed by atoms with Crippen molar-refractivity contribution in [1.82, 2.24) is 10.3 Å². The van der Waals surface area contributed by atoms with Gasteiger partial charge in [0.25, 0.3) is 5.91 Å². The molecule has 8 heteroatoms. The number of hydrogen-bond donors (Lipinski definition) is 2. The summed E-state index contributed by atoms with van der Waals surface area (Å²) in [6.07, 6.45) is 0. The van der Waals surface area contributed by atoms with E-state index in [1.54, 1.807) is 36.6 Å². The minimum Gasteiger partial charge on any atom is -0.495 e. The molecule has 0 saturated carbocycles. The first kappa shape index (κ1) is 22.3. The highest BCUT2D eigenvalue weighted by atomic mass is 35.5. The number of anilines is 1. The van der Waals surface area contributed by atoms with Crippen LogP contribution in [0.4, 0.5) is 5.69 Å². The molecule has 5 nitrogen and oxygen atoms in total. The molecule has 0 aliphatic heterocycles. The molecule has 0 aliphatic rings. The van der Waals surface area contributed by atoms with Crippen molar-refractivity contribution in [3.8, 4) is 16.3 Å². The average molecular weight is 504 g/mol. The monoisotopic (exact) mass is 503 g/mol. The predicted molar refractivity (Wildman–Crippen MR) is 144 cm³/mol. The highest BCUT2D eigenvalue weighted by molar-refractivity contribution is 7.80. The maximum Gasteiger partial charge on any atom is 0.258 e. The highest BCUT2D eigenvalue weighted by Crippen LogP contribution is 2.35. The van der Waals surface area contributed by atoms with Crippen molar-refractivity contribution < 1.29 is 9.53 Å². The van der Waals surface area contributed by atoms with Crippen molar-refractivity contribution in [2.24, 2.45) is 0 Å². The van der Waals surface area contributed by atoms with Crippen molar-refractivity contribution in [3.05, 3.63) is 89.4 Å². The third-order valence-electron chi connectivity index (χ3n) is 5.33. The second-order valence-corrected chi connectivity index (χ2v) is 9.30. The zero-order chi connectivity index (χ0) is 23.7. The molecule has 168 valence electrons. The molecule has 4 aromatic carbocycles. The molecule has 0 atom stereocenters. The Morgan fingerprint density at radius 1 is 1.00 bits per heavy atom. The van der Waals surface area contributed by atoms with Gasteiger partial charge in [0.1, 0.15) is 10.8 Å². The smallest absolute Gasteiger partial charge is 0.258 e. The molecule has 1 amide bonds. The van der Waals surface area contributed by atoms with Crippen LogP contribution in [0.25, 0.3) is 31.6 Å². The Hall–Kier alpha value is -3.52. The lowest BCUT2D eigenvalue weighted by Gasteiger charge is -2.14. The van der Waals surface area contributed by atoms with E-state index in [4.69, 9.17) is 33.5 Å². The van der Waals surface area contributed by atoms with E-state index in [0.717, 1.165) is 31.6 Å². The quantitative estimate of drug-likeness (QED) is 0.261. The lowest BCUT2D eigenvalue weighted by molar-refractivity contribution is 0.0979. The van der Waals surface area contributed by atoms with E-state index < -0.39 is 0 Å². The van der Waals surface area contributed by atoms with Crippen LogP contribution in [0, 0.1) is 0 Å². The molecular formula is C26H18ClN3O2S2. The van der Waals surface area contributed by atoms with Crippen LogP contribution in [0.3, 0.4) is 0 Å². The maximum atomic E-state index is 13.0. The fourth-order valence-corrected chi connectivity index (χ4v) is 5.13. The van der Waals surface area contributed by atoms with Crippen molar-refractivity contribution in [2.75, 3.05) is 12.4 Å². The Morgan fingerprint density at radius 2 is 1.79 bits per heavy atom. The van der Waals surface area contributed by atoms with Crippen molar-refractivity contribution in [3.63, 3.8) is 0 Å². The van der Waals surface area contributed by atoms with E-state index in [-0.39, 0.29) is 11.0 Å². The number of carbonyl (C=O) groups is 1. The topological polar surface area (TPSA) is 63.2 Å². The molecule has 0 unspecified atom stereocenters. The first-order valence-corrected chi connectivity index (χ1v) is 12.0. The summed E-state index contributed by atoms with van der Waals surface area (Å²) < 4.78 is 6.60. The number of ether oxygens (including phenoxy) is 1. The fraction of sp³-hybridized carbons (Fsp3) is 0.0385. The lowest BCUT2D eigenvalue weighted by atomic mass is 10.0. The van der Waals surface area contributed by atoms with Gasteiger partial charge < -0.3 is 10.1 Å². The van der Waals surface area contributed by atoms with Gasteiger partial charge in [0.15, 0.2) is 5.11 Å². The van der Waals surface area contributed by atoms with E-state index in [0.29, 0.717) is 22.0 Å². The number of para-hydroxylation sites is 1. The van der Waals surface area contributed by atoms with Crippen LogP contribution in [0.5, 0.6) is 5.75 Å². The van der Waals surface area contributed by atoms with Gasteiger partial charge in [0.05, 0.1) is 23.0 Å². The summed E-state index contributed by atoms with van der Waals surface area (Å²) in [5.41, 5.74) is 2.98. The van der Waals surface area contributed by atoms with E-state index in [9.17, 15) is 4.79 Å². The molecule has 0 spiro atoms. The number of nitrogens with zero attached hydrogens (tertiary/aromatic N) is 1. The Bertz CT molecular complexity index is 1530. The maximum absolute atomic E-state index is 13.0. The van der Waals surface area contributed by atoms with Gasteiger partial charge in [-0.25, -0.2) is 4.98 Å². The lowest BCUT2D eigenvalue weighted by Crippen LogP contribution is -2.34. The van der Waals surface area contributed by atoms with Gasteiger partial charge in [-0.3, -0.25) is 10.1 Å². The number of halogens is 1. The Balaban J connectivity index is 1.39. The molecule has 5 rings (SSSR count). The Kier molecular flexibility index (Phi) is 6.15. The van der Waals surface area contributed by atoms with Gasteiger partial charge in [0.2, 0.25) is 0 Å². The molecule has 2 N–H and O–H groups in total. The number of hydrogen-bond acceptors (Lipinski definition) is 5. The zero-order valence-corrected chi connectivity index (χ0v) is 20.4. The summed E-state index contributed by atoms with van der Waals surface area (Å²) in [6.45, 7) is 0. The zero-order valence-electron chi connectivity index (χ0n) is 18.0. The van der Waals surface area contributed by atoms with Crippen molar-refractivity contribution >= 4 is 72.9 Å². The van der Waals surface area contributed by atoms with E-state index in [1.165, 1.54) is 0 Å². The number of benzene rings is 4. The third kappa shape index (κ3) is 4.33. The SMILES string of the molecule is COc1ccc(-c2nc3ccccc3s2)cc1NC(=S)NC(=O)c1cccc2c(Cl)cccc12. The second-order valence-electron chi connectivity index (χ2n) is 7.45. The number of nitrogens with one attached hydrogen (secondary N) is 2. The molecule has 5 aromatic rings. The van der Waals surface area contributed by atoms with Gasteiger partial charge in [-0.2, -0.15) is 0 Å². The van der Waals surface area contributed by atoms with Gasteiger partial charge in [-0.15, -0.1) is 11.3 Å². The number of methoxy groups -OCH3 is 1. The van der Waals surface area contributed by atoms with Crippen LogP contribution in [0.1, 0.15) is 10.4 Å². The van der Waals surface area contributed by atoms with Crippen LogP contribution < -0.4 is 15.4 Å². The number of thiazole rings is 1. The van der Waals surface area contributed by atoms with Crippen LogP contribution in [-0.4, -0.2) is 23.1 Å². The fourth-order valence-electron chi connectivity index (χ4n) is 3.73. The van der Waals surface area contributed by atoms with Gasteiger partial charge in [-0.1, -0.05) is 48.0 Å². The van der Waals surface area contributed by atoms with Gasteiger partial charge in [-0.05, 0) is 60.1 Å². The van der Waals surface area contributed by atoms with Crippen molar-refractivity contribution in [1.29, 1.82) is 0 Å². The molecule has 1 heterocycles. The first-order valence-electron chi connectivity index (χ1n) is 10.4. The summed E-state index contributed by atoms with van der Waals surface area (Å²) >= 11 is 13.3. The van der Waals surface area contributed by atoms with Gasteiger partial charge in [0, 0.05) is 21.5 Å². The van der Waals surface area contributed by atoms with Crippen LogP contribution >= 0.6 is 35.2 Å². The Labute approximate surface area is 210 Å². The highest BCUT2D eigenvalue weighted by Gasteiger charge is 2.15. The van der Waals surface area contributed by atoms with E-state index >= 15 is 0 Å². The Morgan fingerprint density at radius 3 is 2.62 bits per heavy atom. The number of fused-ring (bicyclic) bond motifs is 2. The minimum absolute atomic E-state index is 0.156. The molecule has 0 bridgehead atoms. The van der Waals surface area contributed by atoms with Crippen LogP contribution in [-0.2, 0) is 0 Å². The molecule has 0 aliphatic carbocycles. The molecule has 1 aromatic heterocycles. The minimum atomic E-state index is -0.327. The number of amides is 1. The normalized spacial score (nSPS) is 10.9. The number of thiocarbonyl (C=S) groups is 1. The molecular weight excluding hydrogens is 486 g/mol. The summed E-state index contributed by atoms with van der Waals surface area (Å²) in [7, 11) is 1.58. The third-order valence-corrected chi connectivity index (χ3v) is 6.95. The van der Waals surface area contributed by atoms with Crippen LogP contribution in [0.15, 0.2) is 78.9 Å². The molecule has 34 heavy (non-hydrogen) atoms. The number of rotatable bonds is 4. The molecule has 0 fully saturated rings. The average Bonchev–Trinajstić information content (AvgIpc) is 3.28. The van der Waals surface area contributed by atoms with E-state index in [2.05, 4.69) is 10.6 Å². The molecule has 0 saturated heterocycles. The van der Waals surface area contributed by atoms with Crippen LogP contribution in [0.2, 0.25) is 5.02 Å². The van der Waals surface area contributed by atoms with Crippen molar-refractivity contribution in [2.45, 2.75) is 0 Å². The summed E-state index contributed by atoms with van der Waals surface area (Å²) in [6, 6.07) is 24.6. The van der Waals surface area contributed by atoms with E-state index in [1.807, 2.05) is 60.7 Å². The largest absolute Gasteiger partial charge is 0.495 e. The summed E-state index contributed by atoms with van der Waals surface area (Å²) in [5.74, 6) is 0.269. The summed E-state index contributed by atoms with van der Waals surface area (Å²) in [5, 5.41) is 9.04. The number of aromatic nitrogens is 1. The second kappa shape index (κ2) is 9.38. The molecule has 0 radical (unpaired) electrons. The first-order chi connectivity index (χ1) is 16.5. The van der Waals surface area contributed by atoms with Gasteiger partial charge >= 0.3 is 0 Å². The number of carbonyl (C=O) groups excluding carboxylic acids is 1. The standard InChI is InChI=1S/C26H18ClN3O2S2/c1-32-22-13-12-15(25-28-20-10-2-3-11-23(20)34-25)14-21(22)29-26(33)30-24(31)18-8-4-7-17-16(18)6-5-9-19(17)27/h2-14H,1H3,(H2,29,30,31,33). The summed E-state index contributed by atoms with van der Waals surface area (Å²) in [4.78, 5) is 17.7.